The Balaban J connectivity index is 2.13. The Labute approximate surface area is 142 Å². The van der Waals surface area contributed by atoms with E-state index >= 15 is 0 Å². The molecule has 1 aromatic rings. The third kappa shape index (κ3) is 4.83. The molecule has 2 rings (SSSR count). The number of methoxy groups -OCH3 is 1. The van der Waals surface area contributed by atoms with E-state index in [1.807, 2.05) is 32.3 Å². The minimum Gasteiger partial charge on any atom is -0.495 e. The normalized spacial score (nSPS) is 22.8. The Hall–Kier alpha value is -1.30. The van der Waals surface area contributed by atoms with E-state index in [1.54, 1.807) is 7.11 Å². The monoisotopic (exact) mass is 340 g/mol. The molecular formula is C17H25ClN2O3. The second-order valence-corrected chi connectivity index (χ2v) is 6.80. The second-order valence-electron chi connectivity index (χ2n) is 6.39. The van der Waals surface area contributed by atoms with Crippen molar-refractivity contribution in [1.82, 2.24) is 9.80 Å². The zero-order valence-electron chi connectivity index (χ0n) is 14.0. The van der Waals surface area contributed by atoms with E-state index in [4.69, 9.17) is 16.3 Å². The van der Waals surface area contributed by atoms with Crippen LogP contribution >= 0.6 is 11.6 Å². The summed E-state index contributed by atoms with van der Waals surface area (Å²) in [4.78, 5) is 15.8. The summed E-state index contributed by atoms with van der Waals surface area (Å²) in [6, 6.07) is 6.10. The van der Waals surface area contributed by atoms with Crippen LogP contribution in [-0.2, 0) is 11.3 Å². The van der Waals surface area contributed by atoms with E-state index in [2.05, 4.69) is 9.80 Å². The molecule has 0 saturated carbocycles. The number of carboxylic acids is 1. The fourth-order valence-electron chi connectivity index (χ4n) is 3.08. The standard InChI is InChI=1S/C17H25ClN2O3/c1-19(2)14-6-5-13(17(21)22)10-20(11-14)9-12-4-7-16(23-3)15(18)8-12/h4,7-8,13-14H,5-6,9-11H2,1-3H3,(H,21,22)/t13-,14+/m0/s1. The highest BCUT2D eigenvalue weighted by molar-refractivity contribution is 6.32. The summed E-state index contributed by atoms with van der Waals surface area (Å²) in [6.45, 7) is 2.13. The van der Waals surface area contributed by atoms with Crippen LogP contribution in [0.5, 0.6) is 5.75 Å². The van der Waals surface area contributed by atoms with Crippen LogP contribution in [-0.4, -0.2) is 61.2 Å². The van der Waals surface area contributed by atoms with Crippen LogP contribution in [0.4, 0.5) is 0 Å². The van der Waals surface area contributed by atoms with Crippen LogP contribution in [0.2, 0.25) is 5.02 Å². The predicted molar refractivity (Wildman–Crippen MR) is 91.1 cm³/mol. The number of rotatable bonds is 5. The van der Waals surface area contributed by atoms with E-state index in [0.717, 1.165) is 24.9 Å². The fraction of sp³-hybridized carbons (Fsp3) is 0.588. The number of hydrogen-bond donors (Lipinski definition) is 1. The number of hydrogen-bond acceptors (Lipinski definition) is 4. The molecule has 5 nitrogen and oxygen atoms in total. The van der Waals surface area contributed by atoms with Crippen molar-refractivity contribution in [3.8, 4) is 5.75 Å². The maximum Gasteiger partial charge on any atom is 0.307 e. The first-order valence-corrected chi connectivity index (χ1v) is 8.22. The number of likely N-dealkylation sites (tertiary alicyclic amines) is 1. The summed E-state index contributed by atoms with van der Waals surface area (Å²) in [5, 5.41) is 9.99. The molecule has 1 aliphatic rings. The molecule has 6 heteroatoms. The molecule has 1 aromatic carbocycles. The first-order valence-electron chi connectivity index (χ1n) is 7.84. The van der Waals surface area contributed by atoms with Gasteiger partial charge >= 0.3 is 5.97 Å². The van der Waals surface area contributed by atoms with Crippen molar-refractivity contribution in [3.05, 3.63) is 28.8 Å². The van der Waals surface area contributed by atoms with Crippen LogP contribution in [0, 0.1) is 5.92 Å². The van der Waals surface area contributed by atoms with Crippen LogP contribution in [0.1, 0.15) is 18.4 Å². The van der Waals surface area contributed by atoms with E-state index in [-0.39, 0.29) is 5.92 Å². The lowest BCUT2D eigenvalue weighted by atomic mass is 10.0. The van der Waals surface area contributed by atoms with Crippen molar-refractivity contribution >= 4 is 17.6 Å². The lowest BCUT2D eigenvalue weighted by Crippen LogP contribution is -2.39. The van der Waals surface area contributed by atoms with Crippen LogP contribution < -0.4 is 4.74 Å². The van der Waals surface area contributed by atoms with Gasteiger partial charge in [0.05, 0.1) is 18.1 Å². The van der Waals surface area contributed by atoms with Crippen molar-refractivity contribution < 1.29 is 14.6 Å². The lowest BCUT2D eigenvalue weighted by molar-refractivity contribution is -0.142. The summed E-state index contributed by atoms with van der Waals surface area (Å²) >= 11 is 6.19. The zero-order chi connectivity index (χ0) is 17.0. The molecule has 0 bridgehead atoms. The Morgan fingerprint density at radius 2 is 2.13 bits per heavy atom. The highest BCUT2D eigenvalue weighted by atomic mass is 35.5. The van der Waals surface area contributed by atoms with E-state index in [1.165, 1.54) is 0 Å². The summed E-state index contributed by atoms with van der Waals surface area (Å²) in [5.41, 5.74) is 1.07. The quantitative estimate of drug-likeness (QED) is 0.892. The number of benzene rings is 1. The Bertz CT molecular complexity index is 551. The first kappa shape index (κ1) is 18.0. The first-order chi connectivity index (χ1) is 10.9. The maximum atomic E-state index is 11.4. The number of likely N-dealkylation sites (N-methyl/N-ethyl adjacent to an activating group) is 1. The molecule has 0 aromatic heterocycles. The average molecular weight is 341 g/mol. The van der Waals surface area contributed by atoms with E-state index in [0.29, 0.717) is 29.9 Å². The largest absolute Gasteiger partial charge is 0.495 e. The molecule has 0 unspecified atom stereocenters. The van der Waals surface area contributed by atoms with Gasteiger partial charge in [0.2, 0.25) is 0 Å². The third-order valence-corrected chi connectivity index (χ3v) is 4.79. The number of halogens is 1. The number of carbonyl (C=O) groups is 1. The highest BCUT2D eigenvalue weighted by Crippen LogP contribution is 2.27. The summed E-state index contributed by atoms with van der Waals surface area (Å²) in [6.07, 6.45) is 1.63. The van der Waals surface area contributed by atoms with Gasteiger partial charge in [-0.15, -0.1) is 0 Å². The van der Waals surface area contributed by atoms with Gasteiger partial charge < -0.3 is 14.7 Å². The number of carboxylic acid groups (broad SMARTS) is 1. The van der Waals surface area contributed by atoms with Crippen molar-refractivity contribution in [2.75, 3.05) is 34.3 Å². The number of ether oxygens (including phenoxy) is 1. The van der Waals surface area contributed by atoms with E-state index in [9.17, 15) is 9.90 Å². The topological polar surface area (TPSA) is 53.0 Å². The number of nitrogens with zero attached hydrogens (tertiary/aromatic N) is 2. The minimum atomic E-state index is -0.706. The van der Waals surface area contributed by atoms with Crippen molar-refractivity contribution in [1.29, 1.82) is 0 Å². The summed E-state index contributed by atoms with van der Waals surface area (Å²) in [5.74, 6) is -0.364. The van der Waals surface area contributed by atoms with E-state index < -0.39 is 5.97 Å². The average Bonchev–Trinajstić information content (AvgIpc) is 2.70. The molecule has 0 aliphatic carbocycles. The Morgan fingerprint density at radius 3 is 2.70 bits per heavy atom. The molecule has 23 heavy (non-hydrogen) atoms. The van der Waals surface area contributed by atoms with Crippen LogP contribution in [0.3, 0.4) is 0 Å². The van der Waals surface area contributed by atoms with Crippen molar-refractivity contribution in [3.63, 3.8) is 0 Å². The minimum absolute atomic E-state index is 0.311. The van der Waals surface area contributed by atoms with Crippen LogP contribution in [0.25, 0.3) is 0 Å². The molecule has 1 saturated heterocycles. The molecule has 0 spiro atoms. The zero-order valence-corrected chi connectivity index (χ0v) is 14.7. The van der Waals surface area contributed by atoms with Gasteiger partial charge in [-0.2, -0.15) is 0 Å². The van der Waals surface area contributed by atoms with Crippen molar-refractivity contribution in [2.45, 2.75) is 25.4 Å². The van der Waals surface area contributed by atoms with Gasteiger partial charge in [-0.05, 0) is 44.6 Å². The second kappa shape index (κ2) is 7.99. The van der Waals surface area contributed by atoms with Crippen molar-refractivity contribution in [2.24, 2.45) is 5.92 Å². The Morgan fingerprint density at radius 1 is 1.39 bits per heavy atom. The third-order valence-electron chi connectivity index (χ3n) is 4.50. The molecule has 1 aliphatic heterocycles. The number of aliphatic carboxylic acids is 1. The van der Waals surface area contributed by atoms with Crippen LogP contribution in [0.15, 0.2) is 18.2 Å². The predicted octanol–water partition coefficient (Wildman–Crippen LogP) is 2.58. The SMILES string of the molecule is COc1ccc(CN2C[C@@H](C(=O)O)CC[C@@H](N(C)C)C2)cc1Cl. The van der Waals surface area contributed by atoms with Gasteiger partial charge in [-0.3, -0.25) is 9.69 Å². The maximum absolute atomic E-state index is 11.4. The summed E-state index contributed by atoms with van der Waals surface area (Å²) < 4.78 is 5.18. The molecule has 0 radical (unpaired) electrons. The van der Waals surface area contributed by atoms with Gasteiger partial charge in [0.25, 0.3) is 0 Å². The molecule has 1 fully saturated rings. The molecule has 1 N–H and O–H groups in total. The molecule has 2 atom stereocenters. The highest BCUT2D eigenvalue weighted by Gasteiger charge is 2.29. The van der Waals surface area contributed by atoms with Gasteiger partial charge in [0.1, 0.15) is 5.75 Å². The van der Waals surface area contributed by atoms with Gasteiger partial charge in [0, 0.05) is 25.7 Å². The smallest absolute Gasteiger partial charge is 0.307 e. The molecule has 0 amide bonds. The van der Waals surface area contributed by atoms with Gasteiger partial charge in [-0.25, -0.2) is 0 Å². The fourth-order valence-corrected chi connectivity index (χ4v) is 3.36. The lowest BCUT2D eigenvalue weighted by Gasteiger charge is -2.28. The molecular weight excluding hydrogens is 316 g/mol. The summed E-state index contributed by atoms with van der Waals surface area (Å²) in [7, 11) is 5.69. The Kier molecular flexibility index (Phi) is 6.27. The molecule has 1 heterocycles. The van der Waals surface area contributed by atoms with Gasteiger partial charge in [0.15, 0.2) is 0 Å². The van der Waals surface area contributed by atoms with Gasteiger partial charge in [-0.1, -0.05) is 17.7 Å². The molecule has 128 valence electrons.